The van der Waals surface area contributed by atoms with Crippen molar-refractivity contribution >= 4 is 0 Å². The fourth-order valence-corrected chi connectivity index (χ4v) is 1.66. The lowest BCUT2D eigenvalue weighted by molar-refractivity contribution is 0.106. The summed E-state index contributed by atoms with van der Waals surface area (Å²) in [5.74, 6) is 0.681. The van der Waals surface area contributed by atoms with Crippen molar-refractivity contribution in [2.75, 3.05) is 7.05 Å². The fraction of sp³-hybridized carbons (Fsp3) is 1.00. The predicted molar refractivity (Wildman–Crippen MR) is 40.4 cm³/mol. The molecule has 0 spiro atoms. The van der Waals surface area contributed by atoms with Gasteiger partial charge in [-0.2, -0.15) is 0 Å². The van der Waals surface area contributed by atoms with Gasteiger partial charge in [-0.05, 0) is 19.9 Å². The van der Waals surface area contributed by atoms with E-state index >= 15 is 0 Å². The largest absolute Gasteiger partial charge is 0.274 e. The van der Waals surface area contributed by atoms with Gasteiger partial charge < -0.3 is 0 Å². The van der Waals surface area contributed by atoms with Crippen molar-refractivity contribution in [3.63, 3.8) is 0 Å². The van der Waals surface area contributed by atoms with Crippen molar-refractivity contribution in [3.05, 3.63) is 0 Å². The van der Waals surface area contributed by atoms with Gasteiger partial charge >= 0.3 is 0 Å². The van der Waals surface area contributed by atoms with Crippen LogP contribution in [0.3, 0.4) is 0 Å². The van der Waals surface area contributed by atoms with Crippen molar-refractivity contribution in [1.82, 2.24) is 4.90 Å². The maximum Gasteiger partial charge on any atom is 0.156 e. The molecule has 10 heavy (non-hydrogen) atoms. The smallest absolute Gasteiger partial charge is 0.156 e. The van der Waals surface area contributed by atoms with Gasteiger partial charge in [-0.1, -0.05) is 13.8 Å². The second-order valence-electron chi connectivity index (χ2n) is 3.50. The number of hydrogen-bond donors (Lipinski definition) is 0. The maximum atomic E-state index is 13.1. The minimum atomic E-state index is -0.731. The molecule has 0 aromatic heterocycles. The van der Waals surface area contributed by atoms with Gasteiger partial charge in [0.2, 0.25) is 0 Å². The summed E-state index contributed by atoms with van der Waals surface area (Å²) in [6.45, 7) is 6.18. The first-order valence-corrected chi connectivity index (χ1v) is 3.91. The molecular weight excluding hydrogens is 129 g/mol. The molecule has 60 valence electrons. The molecule has 0 radical (unpaired) electrons. The van der Waals surface area contributed by atoms with Crippen molar-refractivity contribution < 1.29 is 4.39 Å². The Kier molecular flexibility index (Phi) is 1.99. The summed E-state index contributed by atoms with van der Waals surface area (Å²) in [6, 6.07) is 0.394. The molecule has 1 fully saturated rings. The highest BCUT2D eigenvalue weighted by Crippen LogP contribution is 2.33. The van der Waals surface area contributed by atoms with Crippen LogP contribution in [0.1, 0.15) is 20.8 Å². The van der Waals surface area contributed by atoms with Crippen LogP contribution in [0.2, 0.25) is 0 Å². The Morgan fingerprint density at radius 2 is 1.60 bits per heavy atom. The van der Waals surface area contributed by atoms with Crippen molar-refractivity contribution in [2.24, 2.45) is 11.8 Å². The summed E-state index contributed by atoms with van der Waals surface area (Å²) in [4.78, 5) is 1.81. The van der Waals surface area contributed by atoms with Crippen LogP contribution in [-0.4, -0.2) is 24.3 Å². The van der Waals surface area contributed by atoms with E-state index in [1.165, 1.54) is 0 Å². The van der Waals surface area contributed by atoms with E-state index in [4.69, 9.17) is 0 Å². The summed E-state index contributed by atoms with van der Waals surface area (Å²) >= 11 is 0. The predicted octanol–water partition coefficient (Wildman–Crippen LogP) is 1.89. The summed E-state index contributed by atoms with van der Waals surface area (Å²) in [5, 5.41) is 0. The Morgan fingerprint density at radius 3 is 1.70 bits per heavy atom. The van der Waals surface area contributed by atoms with E-state index in [-0.39, 0.29) is 5.92 Å². The van der Waals surface area contributed by atoms with Gasteiger partial charge in [-0.25, -0.2) is 4.39 Å². The second kappa shape index (κ2) is 2.50. The standard InChI is InChI=1S/C8H16FN/c1-5-6(2)8(9)10(4)7(5)3/h5-8H,1-4H3. The van der Waals surface area contributed by atoms with Gasteiger partial charge in [-0.3, -0.25) is 4.90 Å². The van der Waals surface area contributed by atoms with E-state index < -0.39 is 6.30 Å². The van der Waals surface area contributed by atoms with Crippen LogP contribution in [0, 0.1) is 11.8 Å². The first-order valence-electron chi connectivity index (χ1n) is 3.91. The lowest BCUT2D eigenvalue weighted by Gasteiger charge is -2.18. The van der Waals surface area contributed by atoms with Gasteiger partial charge in [-0.15, -0.1) is 0 Å². The van der Waals surface area contributed by atoms with Gasteiger partial charge in [0.15, 0.2) is 6.30 Å². The summed E-state index contributed by atoms with van der Waals surface area (Å²) in [7, 11) is 1.86. The number of alkyl halides is 1. The maximum absolute atomic E-state index is 13.1. The van der Waals surface area contributed by atoms with Gasteiger partial charge in [0.1, 0.15) is 0 Å². The topological polar surface area (TPSA) is 3.24 Å². The molecule has 4 atom stereocenters. The third-order valence-electron chi connectivity index (χ3n) is 3.06. The number of nitrogens with zero attached hydrogens (tertiary/aromatic N) is 1. The number of hydrogen-bond acceptors (Lipinski definition) is 1. The highest BCUT2D eigenvalue weighted by molar-refractivity contribution is 4.87. The van der Waals surface area contributed by atoms with Crippen LogP contribution < -0.4 is 0 Å². The normalized spacial score (nSPS) is 50.1. The fourth-order valence-electron chi connectivity index (χ4n) is 1.66. The first-order chi connectivity index (χ1) is 4.55. The molecule has 0 aromatic rings. The SMILES string of the molecule is CC1C(C)C(F)N(C)C1C. The Morgan fingerprint density at radius 1 is 1.10 bits per heavy atom. The molecule has 1 aliphatic heterocycles. The number of likely N-dealkylation sites (tertiary alicyclic amines) is 1. The Labute approximate surface area is 62.2 Å². The third-order valence-corrected chi connectivity index (χ3v) is 3.06. The molecule has 0 aromatic carbocycles. The molecule has 0 aliphatic carbocycles. The van der Waals surface area contributed by atoms with E-state index in [2.05, 4.69) is 13.8 Å². The Bertz CT molecular complexity index is 81.6. The zero-order valence-electron chi connectivity index (χ0n) is 7.13. The average Bonchev–Trinajstić information content (AvgIpc) is 2.07. The zero-order chi connectivity index (χ0) is 7.89. The molecular formula is C8H16FN. The van der Waals surface area contributed by atoms with E-state index in [1.807, 2.05) is 18.9 Å². The van der Waals surface area contributed by atoms with Gasteiger partial charge in [0, 0.05) is 12.0 Å². The molecule has 4 unspecified atom stereocenters. The number of rotatable bonds is 0. The molecule has 1 aliphatic rings. The molecule has 1 nitrogen and oxygen atoms in total. The summed E-state index contributed by atoms with van der Waals surface area (Å²) in [6.07, 6.45) is -0.731. The summed E-state index contributed by atoms with van der Waals surface area (Å²) < 4.78 is 13.1. The van der Waals surface area contributed by atoms with E-state index in [0.717, 1.165) is 0 Å². The van der Waals surface area contributed by atoms with Gasteiger partial charge in [0.05, 0.1) is 0 Å². The highest BCUT2D eigenvalue weighted by atomic mass is 19.1. The minimum absolute atomic E-state index is 0.194. The summed E-state index contributed by atoms with van der Waals surface area (Å²) in [5.41, 5.74) is 0. The monoisotopic (exact) mass is 145 g/mol. The average molecular weight is 145 g/mol. The van der Waals surface area contributed by atoms with Crippen LogP contribution in [0.15, 0.2) is 0 Å². The lowest BCUT2D eigenvalue weighted by atomic mass is 9.95. The minimum Gasteiger partial charge on any atom is -0.274 e. The van der Waals surface area contributed by atoms with E-state index in [1.54, 1.807) is 0 Å². The second-order valence-corrected chi connectivity index (χ2v) is 3.50. The quantitative estimate of drug-likeness (QED) is 0.470. The van der Waals surface area contributed by atoms with Crippen molar-refractivity contribution in [3.8, 4) is 0 Å². The molecule has 0 amide bonds. The lowest BCUT2D eigenvalue weighted by Crippen LogP contribution is -2.29. The third kappa shape index (κ3) is 0.947. The van der Waals surface area contributed by atoms with E-state index in [9.17, 15) is 4.39 Å². The molecule has 1 rings (SSSR count). The molecule has 1 saturated heterocycles. The highest BCUT2D eigenvalue weighted by Gasteiger charge is 2.39. The van der Waals surface area contributed by atoms with Gasteiger partial charge in [0.25, 0.3) is 0 Å². The van der Waals surface area contributed by atoms with E-state index in [0.29, 0.717) is 12.0 Å². The van der Waals surface area contributed by atoms with Crippen LogP contribution in [0.4, 0.5) is 4.39 Å². The molecule has 0 saturated carbocycles. The Hall–Kier alpha value is -0.110. The van der Waals surface area contributed by atoms with Crippen LogP contribution in [-0.2, 0) is 0 Å². The van der Waals surface area contributed by atoms with Crippen molar-refractivity contribution in [2.45, 2.75) is 33.1 Å². The van der Waals surface area contributed by atoms with Crippen LogP contribution in [0.5, 0.6) is 0 Å². The number of halogens is 1. The molecule has 0 N–H and O–H groups in total. The Balaban J connectivity index is 2.68. The zero-order valence-corrected chi connectivity index (χ0v) is 7.13. The van der Waals surface area contributed by atoms with Crippen LogP contribution in [0.25, 0.3) is 0 Å². The van der Waals surface area contributed by atoms with Crippen molar-refractivity contribution in [1.29, 1.82) is 0 Å². The van der Waals surface area contributed by atoms with Crippen LogP contribution >= 0.6 is 0 Å². The first kappa shape index (κ1) is 7.99. The molecule has 2 heteroatoms. The molecule has 1 heterocycles. The molecule has 0 bridgehead atoms.